The van der Waals surface area contributed by atoms with Crippen LogP contribution in [0.5, 0.6) is 0 Å². The van der Waals surface area contributed by atoms with E-state index in [2.05, 4.69) is 25.8 Å². The van der Waals surface area contributed by atoms with Crippen LogP contribution < -0.4 is 0 Å². The molecule has 4 heteroatoms. The fraction of sp³-hybridized carbons (Fsp3) is 0.583. The van der Waals surface area contributed by atoms with Gasteiger partial charge in [-0.3, -0.25) is 0 Å². The third-order valence-electron chi connectivity index (χ3n) is 5.81. The van der Waals surface area contributed by atoms with Gasteiger partial charge in [-0.1, -0.05) is 65.2 Å². The first-order valence-corrected chi connectivity index (χ1v) is 10.7. The fourth-order valence-corrected chi connectivity index (χ4v) is 4.60. The maximum absolute atomic E-state index is 12.5. The van der Waals surface area contributed by atoms with Gasteiger partial charge in [-0.15, -0.1) is 0 Å². The Morgan fingerprint density at radius 3 is 2.61 bits per heavy atom. The zero-order valence-corrected chi connectivity index (χ0v) is 17.8. The number of aromatic nitrogens is 2. The number of ether oxygens (including phenoxy) is 1. The number of nitrogens with zero attached hydrogens (tertiary/aromatic N) is 1. The van der Waals surface area contributed by atoms with E-state index >= 15 is 0 Å². The molecule has 1 N–H and O–H groups in total. The van der Waals surface area contributed by atoms with Crippen molar-refractivity contribution in [2.75, 3.05) is 6.61 Å². The Balaban J connectivity index is 1.92. The highest BCUT2D eigenvalue weighted by Crippen LogP contribution is 2.45. The molecule has 0 amide bonds. The summed E-state index contributed by atoms with van der Waals surface area (Å²) in [5, 5.41) is 0. The van der Waals surface area contributed by atoms with E-state index in [-0.39, 0.29) is 11.4 Å². The highest BCUT2D eigenvalue weighted by atomic mass is 16.5. The Kier molecular flexibility index (Phi) is 6.58. The molecule has 0 bridgehead atoms. The predicted octanol–water partition coefficient (Wildman–Crippen LogP) is 6.35. The highest BCUT2D eigenvalue weighted by Gasteiger charge is 2.36. The average molecular weight is 383 g/mol. The molecule has 3 rings (SSSR count). The molecule has 1 heterocycles. The van der Waals surface area contributed by atoms with Crippen LogP contribution in [0.25, 0.3) is 11.3 Å². The Labute approximate surface area is 169 Å². The number of benzene rings is 1. The smallest absolute Gasteiger partial charge is 0.338 e. The van der Waals surface area contributed by atoms with E-state index in [1.165, 1.54) is 32.1 Å². The van der Waals surface area contributed by atoms with E-state index in [1.54, 1.807) is 0 Å². The molecule has 1 atom stereocenters. The number of imidazole rings is 1. The van der Waals surface area contributed by atoms with Crippen LogP contribution in [-0.2, 0) is 4.74 Å². The lowest BCUT2D eigenvalue weighted by atomic mass is 9.68. The lowest BCUT2D eigenvalue weighted by Gasteiger charge is -2.37. The largest absolute Gasteiger partial charge is 0.462 e. The number of aromatic amines is 1. The van der Waals surface area contributed by atoms with E-state index in [9.17, 15) is 4.79 Å². The lowest BCUT2D eigenvalue weighted by molar-refractivity contribution is 0.0506. The zero-order valence-electron chi connectivity index (χ0n) is 17.8. The normalized spacial score (nSPS) is 16.7. The molecule has 152 valence electrons. The summed E-state index contributed by atoms with van der Waals surface area (Å²) in [6, 6.07) is 7.60. The number of nitrogens with one attached hydrogen (secondary N) is 1. The topological polar surface area (TPSA) is 55.0 Å². The minimum absolute atomic E-state index is 0.136. The van der Waals surface area contributed by atoms with Gasteiger partial charge in [0.05, 0.1) is 17.9 Å². The number of rotatable bonds is 6. The molecule has 1 saturated carbocycles. The van der Waals surface area contributed by atoms with Crippen LogP contribution >= 0.6 is 0 Å². The van der Waals surface area contributed by atoms with Gasteiger partial charge in [0.1, 0.15) is 5.82 Å². The van der Waals surface area contributed by atoms with Crippen LogP contribution in [0, 0.1) is 11.3 Å². The summed E-state index contributed by atoms with van der Waals surface area (Å²) in [5.74, 6) is 1.83. The molecule has 4 nitrogen and oxygen atoms in total. The van der Waals surface area contributed by atoms with E-state index in [0.717, 1.165) is 23.5 Å². The molecule has 28 heavy (non-hydrogen) atoms. The molecule has 0 saturated heterocycles. The van der Waals surface area contributed by atoms with Gasteiger partial charge in [-0.25, -0.2) is 9.78 Å². The SMILES string of the molecule is CCCOC(=O)c1ccccc1-c1c[nH]c(C(C2CCCCC2)C(C)(C)C)n1. The summed E-state index contributed by atoms with van der Waals surface area (Å²) >= 11 is 0. The van der Waals surface area contributed by atoms with Crippen molar-refractivity contribution in [2.24, 2.45) is 11.3 Å². The van der Waals surface area contributed by atoms with Crippen LogP contribution in [0.1, 0.15) is 88.3 Å². The van der Waals surface area contributed by atoms with Gasteiger partial charge < -0.3 is 9.72 Å². The van der Waals surface area contributed by atoms with E-state index in [0.29, 0.717) is 24.0 Å². The van der Waals surface area contributed by atoms with Crippen molar-refractivity contribution in [2.45, 2.75) is 72.1 Å². The Morgan fingerprint density at radius 1 is 1.21 bits per heavy atom. The van der Waals surface area contributed by atoms with Crippen LogP contribution in [0.2, 0.25) is 0 Å². The Morgan fingerprint density at radius 2 is 1.93 bits per heavy atom. The number of hydrogen-bond donors (Lipinski definition) is 1. The van der Waals surface area contributed by atoms with Gasteiger partial charge in [-0.2, -0.15) is 0 Å². The molecule has 2 aromatic rings. The highest BCUT2D eigenvalue weighted by molar-refractivity contribution is 5.96. The van der Waals surface area contributed by atoms with Crippen molar-refractivity contribution in [3.63, 3.8) is 0 Å². The van der Waals surface area contributed by atoms with Gasteiger partial charge >= 0.3 is 5.97 Å². The maximum atomic E-state index is 12.5. The van der Waals surface area contributed by atoms with Gasteiger partial charge in [0.15, 0.2) is 0 Å². The second kappa shape index (κ2) is 8.93. The molecule has 0 aliphatic heterocycles. The van der Waals surface area contributed by atoms with Crippen LogP contribution in [0.4, 0.5) is 0 Å². The molecule has 1 aliphatic rings. The van der Waals surface area contributed by atoms with Crippen molar-refractivity contribution in [1.29, 1.82) is 0 Å². The van der Waals surface area contributed by atoms with Crippen molar-refractivity contribution in [1.82, 2.24) is 9.97 Å². The number of H-pyrrole nitrogens is 1. The predicted molar refractivity (Wildman–Crippen MR) is 113 cm³/mol. The van der Waals surface area contributed by atoms with Crippen molar-refractivity contribution < 1.29 is 9.53 Å². The quantitative estimate of drug-likeness (QED) is 0.592. The molecule has 1 aliphatic carbocycles. The minimum Gasteiger partial charge on any atom is -0.462 e. The molecule has 1 aromatic heterocycles. The van der Waals surface area contributed by atoms with Crippen molar-refractivity contribution in [3.05, 3.63) is 41.9 Å². The van der Waals surface area contributed by atoms with Crippen LogP contribution in [0.15, 0.2) is 30.5 Å². The first-order chi connectivity index (χ1) is 13.4. The minimum atomic E-state index is -0.276. The molecule has 1 fully saturated rings. The Bertz CT molecular complexity index is 782. The first kappa shape index (κ1) is 20.6. The molecule has 0 radical (unpaired) electrons. The van der Waals surface area contributed by atoms with Crippen LogP contribution in [-0.4, -0.2) is 22.5 Å². The molecular weight excluding hydrogens is 348 g/mol. The van der Waals surface area contributed by atoms with Crippen molar-refractivity contribution >= 4 is 5.97 Å². The number of esters is 1. The first-order valence-electron chi connectivity index (χ1n) is 10.7. The van der Waals surface area contributed by atoms with Crippen LogP contribution in [0.3, 0.4) is 0 Å². The van der Waals surface area contributed by atoms with E-state index in [4.69, 9.17) is 9.72 Å². The zero-order chi connectivity index (χ0) is 20.1. The van der Waals surface area contributed by atoms with E-state index < -0.39 is 0 Å². The average Bonchev–Trinajstić information content (AvgIpc) is 3.15. The van der Waals surface area contributed by atoms with Gasteiger partial charge in [-0.05, 0) is 36.7 Å². The second-order valence-electron chi connectivity index (χ2n) is 9.09. The Hall–Kier alpha value is -2.10. The summed E-state index contributed by atoms with van der Waals surface area (Å²) < 4.78 is 5.37. The molecule has 0 spiro atoms. The summed E-state index contributed by atoms with van der Waals surface area (Å²) in [5.41, 5.74) is 2.38. The summed E-state index contributed by atoms with van der Waals surface area (Å²) in [4.78, 5) is 20.9. The number of carbonyl (C=O) groups is 1. The maximum Gasteiger partial charge on any atom is 0.338 e. The molecular formula is C24H34N2O2. The third-order valence-corrected chi connectivity index (χ3v) is 5.81. The van der Waals surface area contributed by atoms with E-state index in [1.807, 2.05) is 37.4 Å². The number of hydrogen-bond acceptors (Lipinski definition) is 3. The fourth-order valence-electron chi connectivity index (χ4n) is 4.60. The third kappa shape index (κ3) is 4.65. The summed E-state index contributed by atoms with van der Waals surface area (Å²) in [6.07, 6.45) is 9.30. The molecule has 1 aromatic carbocycles. The number of carbonyl (C=O) groups excluding carboxylic acids is 1. The van der Waals surface area contributed by atoms with Gasteiger partial charge in [0.25, 0.3) is 0 Å². The van der Waals surface area contributed by atoms with Gasteiger partial charge in [0, 0.05) is 17.7 Å². The summed E-state index contributed by atoms with van der Waals surface area (Å²) in [7, 11) is 0. The molecule has 1 unspecified atom stereocenters. The second-order valence-corrected chi connectivity index (χ2v) is 9.09. The standard InChI is InChI=1S/C24H34N2O2/c1-5-15-28-23(27)19-14-10-9-13-18(19)20-16-25-22(26-20)21(24(2,3)4)17-11-7-6-8-12-17/h9-10,13-14,16-17,21H,5-8,11-12,15H2,1-4H3,(H,25,26). The summed E-state index contributed by atoms with van der Waals surface area (Å²) in [6.45, 7) is 9.36. The monoisotopic (exact) mass is 382 g/mol. The lowest BCUT2D eigenvalue weighted by Crippen LogP contribution is -2.28. The van der Waals surface area contributed by atoms with Gasteiger partial charge in [0.2, 0.25) is 0 Å². The van der Waals surface area contributed by atoms with Crippen molar-refractivity contribution in [3.8, 4) is 11.3 Å².